The minimum atomic E-state index is -3.74. The maximum Gasteiger partial charge on any atom is 0.314 e. The highest BCUT2D eigenvalue weighted by molar-refractivity contribution is 7.92. The summed E-state index contributed by atoms with van der Waals surface area (Å²) in [6, 6.07) is 0. The molecular weight excluding hydrogens is 310 g/mol. The van der Waals surface area contributed by atoms with Crippen LogP contribution in [0.15, 0.2) is 4.21 Å². The van der Waals surface area contributed by atoms with Crippen LogP contribution in [0.25, 0.3) is 0 Å². The van der Waals surface area contributed by atoms with Gasteiger partial charge in [-0.25, -0.2) is 8.42 Å². The molecule has 1 heterocycles. The molecule has 1 aliphatic carbocycles. The van der Waals surface area contributed by atoms with Crippen LogP contribution in [0.4, 0.5) is 8.78 Å². The Morgan fingerprint density at radius 1 is 1.40 bits per heavy atom. The van der Waals surface area contributed by atoms with Crippen LogP contribution < -0.4 is 4.74 Å². The largest absolute Gasteiger partial charge is 0.483 e. The van der Waals surface area contributed by atoms with Crippen LogP contribution in [-0.4, -0.2) is 33.0 Å². The van der Waals surface area contributed by atoms with Crippen molar-refractivity contribution in [1.29, 1.82) is 0 Å². The Morgan fingerprint density at radius 2 is 2.00 bits per heavy atom. The van der Waals surface area contributed by atoms with Gasteiger partial charge in [0.15, 0.2) is 14.9 Å². The van der Waals surface area contributed by atoms with Crippen LogP contribution in [0.5, 0.6) is 5.06 Å². The molecule has 0 N–H and O–H groups in total. The molecule has 0 fully saturated rings. The summed E-state index contributed by atoms with van der Waals surface area (Å²) in [6.45, 7) is 4.03. The Morgan fingerprint density at radius 3 is 2.50 bits per heavy atom. The lowest BCUT2D eigenvalue weighted by Gasteiger charge is -2.09. The molecule has 2 rings (SSSR count). The fourth-order valence-electron chi connectivity index (χ4n) is 1.92. The first-order chi connectivity index (χ1) is 9.04. The normalized spacial score (nSPS) is 17.6. The molecule has 0 amide bonds. The molecule has 1 aliphatic rings. The molecule has 0 saturated carbocycles. The third-order valence-electron chi connectivity index (χ3n) is 2.78. The van der Waals surface area contributed by atoms with E-state index in [0.29, 0.717) is 0 Å². The third-order valence-corrected chi connectivity index (χ3v) is 5.76. The molecule has 0 atom stereocenters. The number of Topliss-reactive ketones (excluding diaryl/α,β-unsaturated/α-hetero) is 1. The monoisotopic (exact) mass is 324 g/mol. The van der Waals surface area contributed by atoms with E-state index in [1.165, 1.54) is 0 Å². The van der Waals surface area contributed by atoms with Gasteiger partial charge in [0, 0.05) is 18.2 Å². The van der Waals surface area contributed by atoms with E-state index in [0.717, 1.165) is 17.6 Å². The number of carbonyl (C=O) groups is 1. The number of alkyl halides is 2. The summed E-state index contributed by atoms with van der Waals surface area (Å²) in [5, 5.41) is 0.111. The molecule has 20 heavy (non-hydrogen) atoms. The number of halogens is 2. The quantitative estimate of drug-likeness (QED) is 0.854. The fourth-order valence-corrected chi connectivity index (χ4v) is 4.25. The van der Waals surface area contributed by atoms with Gasteiger partial charge in [-0.1, -0.05) is 25.2 Å². The topological polar surface area (TPSA) is 60.4 Å². The molecule has 0 unspecified atom stereocenters. The van der Waals surface area contributed by atoms with Crippen molar-refractivity contribution < 1.29 is 26.7 Å². The van der Waals surface area contributed by atoms with Gasteiger partial charge in [0.05, 0.1) is 12.2 Å². The average molecular weight is 324 g/mol. The maximum absolute atomic E-state index is 13.5. The summed E-state index contributed by atoms with van der Waals surface area (Å²) in [5.74, 6) is -4.82. The lowest BCUT2D eigenvalue weighted by atomic mass is 10.2. The van der Waals surface area contributed by atoms with Crippen molar-refractivity contribution in [1.82, 2.24) is 0 Å². The van der Waals surface area contributed by atoms with Crippen LogP contribution in [0.3, 0.4) is 0 Å². The Kier molecular flexibility index (Phi) is 3.66. The third kappa shape index (κ3) is 2.58. The van der Waals surface area contributed by atoms with Gasteiger partial charge in [-0.15, -0.1) is 0 Å². The second-order valence-corrected chi connectivity index (χ2v) is 8.41. The Hall–Kier alpha value is -1.02. The first-order valence-electron chi connectivity index (χ1n) is 5.95. The predicted octanol–water partition coefficient (Wildman–Crippen LogP) is 2.56. The number of hydrogen-bond donors (Lipinski definition) is 0. The molecule has 4 nitrogen and oxygen atoms in total. The Balaban J connectivity index is 2.54. The first kappa shape index (κ1) is 15.4. The van der Waals surface area contributed by atoms with E-state index in [2.05, 4.69) is 0 Å². The van der Waals surface area contributed by atoms with E-state index in [-0.39, 0.29) is 32.9 Å². The van der Waals surface area contributed by atoms with E-state index in [9.17, 15) is 22.0 Å². The number of ether oxygens (including phenoxy) is 1. The molecule has 8 heteroatoms. The van der Waals surface area contributed by atoms with Crippen LogP contribution in [0.2, 0.25) is 0 Å². The first-order valence-corrected chi connectivity index (χ1v) is 8.66. The van der Waals surface area contributed by atoms with E-state index in [4.69, 9.17) is 4.74 Å². The van der Waals surface area contributed by atoms with Crippen LogP contribution >= 0.6 is 11.3 Å². The minimum Gasteiger partial charge on any atom is -0.483 e. The van der Waals surface area contributed by atoms with Crippen LogP contribution in [0.1, 0.15) is 29.8 Å². The standard InChI is InChI=1S/C12H14F2O4S2/c1-6(2)5-18-10-7-4-12(13,14)9(15)8(7)11(19-10)20(3,16)17/h6H,4-5H2,1-3H3. The summed E-state index contributed by atoms with van der Waals surface area (Å²) in [7, 11) is -3.74. The molecule has 0 aromatic carbocycles. The van der Waals surface area contributed by atoms with Crippen molar-refractivity contribution in [3.8, 4) is 5.06 Å². The van der Waals surface area contributed by atoms with Gasteiger partial charge in [0.25, 0.3) is 0 Å². The molecule has 112 valence electrons. The van der Waals surface area contributed by atoms with Gasteiger partial charge in [-0.3, -0.25) is 4.79 Å². The number of ketones is 1. The zero-order valence-corrected chi connectivity index (χ0v) is 12.8. The zero-order chi connectivity index (χ0) is 15.3. The van der Waals surface area contributed by atoms with Gasteiger partial charge >= 0.3 is 5.92 Å². The Labute approximate surface area is 119 Å². The Bertz CT molecular complexity index is 659. The lowest BCUT2D eigenvalue weighted by Crippen LogP contribution is -2.24. The zero-order valence-electron chi connectivity index (χ0n) is 11.2. The second kappa shape index (κ2) is 4.77. The lowest BCUT2D eigenvalue weighted by molar-refractivity contribution is 0.0164. The van der Waals surface area contributed by atoms with Gasteiger partial charge in [0.1, 0.15) is 4.21 Å². The number of thiophene rings is 1. The second-order valence-electron chi connectivity index (χ2n) is 5.22. The van der Waals surface area contributed by atoms with Crippen molar-refractivity contribution in [2.24, 2.45) is 5.92 Å². The molecule has 0 bridgehead atoms. The van der Waals surface area contributed by atoms with Crippen molar-refractivity contribution in [2.45, 2.75) is 30.4 Å². The highest BCUT2D eigenvalue weighted by Crippen LogP contribution is 2.47. The van der Waals surface area contributed by atoms with E-state index < -0.39 is 28.0 Å². The van der Waals surface area contributed by atoms with E-state index >= 15 is 0 Å². The van der Waals surface area contributed by atoms with Gasteiger partial charge in [-0.05, 0) is 5.92 Å². The number of carbonyl (C=O) groups excluding carboxylic acids is 1. The number of hydrogen-bond acceptors (Lipinski definition) is 5. The number of sulfone groups is 1. The number of rotatable bonds is 4. The molecule has 1 aromatic rings. The highest BCUT2D eigenvalue weighted by Gasteiger charge is 2.52. The van der Waals surface area contributed by atoms with Gasteiger partial charge in [-0.2, -0.15) is 8.78 Å². The molecule has 0 aliphatic heterocycles. The van der Waals surface area contributed by atoms with E-state index in [1.807, 2.05) is 13.8 Å². The van der Waals surface area contributed by atoms with E-state index in [1.54, 1.807) is 0 Å². The molecular formula is C12H14F2O4S2. The smallest absolute Gasteiger partial charge is 0.314 e. The van der Waals surface area contributed by atoms with Gasteiger partial charge in [0.2, 0.25) is 5.78 Å². The molecule has 0 radical (unpaired) electrons. The average Bonchev–Trinajstić information content (AvgIpc) is 2.72. The molecule has 1 aromatic heterocycles. The van der Waals surface area contributed by atoms with Crippen molar-refractivity contribution in [2.75, 3.05) is 12.9 Å². The minimum absolute atomic E-state index is 0.0195. The van der Waals surface area contributed by atoms with Crippen molar-refractivity contribution in [3.05, 3.63) is 11.1 Å². The molecule has 0 spiro atoms. The fraction of sp³-hybridized carbons (Fsp3) is 0.583. The maximum atomic E-state index is 13.5. The van der Waals surface area contributed by atoms with Crippen LogP contribution in [-0.2, 0) is 16.3 Å². The summed E-state index contributed by atoms with van der Waals surface area (Å²) >= 11 is 0.751. The summed E-state index contributed by atoms with van der Waals surface area (Å²) in [4.78, 5) is 11.7. The predicted molar refractivity (Wildman–Crippen MR) is 70.7 cm³/mol. The summed E-state index contributed by atoms with van der Waals surface area (Å²) < 4.78 is 55.4. The van der Waals surface area contributed by atoms with Crippen molar-refractivity contribution >= 4 is 27.0 Å². The SMILES string of the molecule is CC(C)COc1sc(S(C)(=O)=O)c2c1CC(F)(F)C2=O. The summed E-state index contributed by atoms with van der Waals surface area (Å²) in [6.07, 6.45) is 0.107. The highest BCUT2D eigenvalue weighted by atomic mass is 32.2. The molecule has 0 saturated heterocycles. The van der Waals surface area contributed by atoms with Crippen molar-refractivity contribution in [3.63, 3.8) is 0 Å². The van der Waals surface area contributed by atoms with Crippen LogP contribution in [0, 0.1) is 5.92 Å². The van der Waals surface area contributed by atoms with Gasteiger partial charge < -0.3 is 4.74 Å². The number of fused-ring (bicyclic) bond motifs is 1. The summed E-state index contributed by atoms with van der Waals surface area (Å²) in [5.41, 5.74) is -0.368.